The molecule has 0 unspecified atom stereocenters. The molecular formula is C13H6O5. The molecule has 0 saturated carbocycles. The molecule has 1 N–H and O–H groups in total. The number of cyclic esters (lactones) is 2. The maximum Gasteiger partial charge on any atom is 0.346 e. The third-order valence-corrected chi connectivity index (χ3v) is 2.87. The normalized spacial score (nSPS) is 13.6. The molecule has 0 aliphatic carbocycles. The summed E-state index contributed by atoms with van der Waals surface area (Å²) in [5, 5.41) is 10.1. The molecular weight excluding hydrogens is 236 g/mol. The minimum absolute atomic E-state index is 0.0856. The molecule has 0 bridgehead atoms. The predicted molar refractivity (Wildman–Crippen MR) is 60.7 cm³/mol. The number of hydrogen-bond acceptors (Lipinski definition) is 4. The van der Waals surface area contributed by atoms with E-state index in [0.717, 1.165) is 0 Å². The second-order valence-corrected chi connectivity index (χ2v) is 3.91. The standard InChI is InChI=1S/C13H6O5/c14-11(15)7-3-1-2-6-4-9-10(5-8(6)7)13(17)18-12(9)16/h1-5H,(H,14,15). The molecule has 0 saturated heterocycles. The number of carbonyl (C=O) groups is 3. The van der Waals surface area contributed by atoms with Crippen LogP contribution in [0.4, 0.5) is 0 Å². The number of carboxylic acids is 1. The summed E-state index contributed by atoms with van der Waals surface area (Å²) in [6.07, 6.45) is 0. The van der Waals surface area contributed by atoms with E-state index >= 15 is 0 Å². The molecule has 0 spiro atoms. The van der Waals surface area contributed by atoms with Gasteiger partial charge in [-0.25, -0.2) is 14.4 Å². The summed E-state index contributed by atoms with van der Waals surface area (Å²) in [6.45, 7) is 0. The van der Waals surface area contributed by atoms with Crippen LogP contribution >= 0.6 is 0 Å². The zero-order valence-corrected chi connectivity index (χ0v) is 8.97. The fraction of sp³-hybridized carbons (Fsp3) is 0. The largest absolute Gasteiger partial charge is 0.478 e. The first kappa shape index (κ1) is 10.5. The van der Waals surface area contributed by atoms with Crippen LogP contribution < -0.4 is 0 Å². The molecule has 0 radical (unpaired) electrons. The second-order valence-electron chi connectivity index (χ2n) is 3.91. The van der Waals surface area contributed by atoms with E-state index in [1.165, 1.54) is 18.2 Å². The fourth-order valence-electron chi connectivity index (χ4n) is 2.04. The first-order valence-corrected chi connectivity index (χ1v) is 5.14. The summed E-state index contributed by atoms with van der Waals surface area (Å²) < 4.78 is 4.48. The van der Waals surface area contributed by atoms with Gasteiger partial charge < -0.3 is 9.84 Å². The van der Waals surface area contributed by atoms with Crippen molar-refractivity contribution in [3.8, 4) is 0 Å². The Morgan fingerprint density at radius 2 is 1.72 bits per heavy atom. The monoisotopic (exact) mass is 242 g/mol. The maximum atomic E-state index is 11.4. The summed E-state index contributed by atoms with van der Waals surface area (Å²) in [6, 6.07) is 7.57. The second kappa shape index (κ2) is 3.40. The Morgan fingerprint density at radius 3 is 2.39 bits per heavy atom. The summed E-state index contributed by atoms with van der Waals surface area (Å²) in [4.78, 5) is 33.9. The Bertz CT molecular complexity index is 729. The zero-order chi connectivity index (χ0) is 12.9. The summed E-state index contributed by atoms with van der Waals surface area (Å²) in [5.41, 5.74) is 0.374. The molecule has 1 aliphatic heterocycles. The first-order chi connectivity index (χ1) is 8.58. The van der Waals surface area contributed by atoms with Gasteiger partial charge in [-0.3, -0.25) is 0 Å². The Hall–Kier alpha value is -2.69. The van der Waals surface area contributed by atoms with Crippen LogP contribution in [0.1, 0.15) is 31.1 Å². The lowest BCUT2D eigenvalue weighted by Gasteiger charge is -2.03. The number of aromatic carboxylic acids is 1. The van der Waals surface area contributed by atoms with Gasteiger partial charge in [0.25, 0.3) is 0 Å². The summed E-state index contributed by atoms with van der Waals surface area (Å²) in [7, 11) is 0. The Kier molecular flexibility index (Phi) is 1.98. The fourth-order valence-corrected chi connectivity index (χ4v) is 2.04. The molecule has 1 heterocycles. The van der Waals surface area contributed by atoms with E-state index in [9.17, 15) is 14.4 Å². The predicted octanol–water partition coefficient (Wildman–Crippen LogP) is 1.85. The van der Waals surface area contributed by atoms with Crippen molar-refractivity contribution in [1.29, 1.82) is 0 Å². The van der Waals surface area contributed by atoms with Crippen molar-refractivity contribution >= 4 is 28.7 Å². The average molecular weight is 242 g/mol. The van der Waals surface area contributed by atoms with Crippen LogP contribution in [0.3, 0.4) is 0 Å². The number of esters is 2. The van der Waals surface area contributed by atoms with E-state index in [1.807, 2.05) is 0 Å². The molecule has 0 fully saturated rings. The molecule has 18 heavy (non-hydrogen) atoms. The maximum absolute atomic E-state index is 11.4. The van der Waals surface area contributed by atoms with E-state index in [4.69, 9.17) is 5.11 Å². The van der Waals surface area contributed by atoms with Gasteiger partial charge in [-0.1, -0.05) is 12.1 Å². The first-order valence-electron chi connectivity index (χ1n) is 5.14. The Labute approximate surface area is 101 Å². The van der Waals surface area contributed by atoms with Gasteiger partial charge in [0.15, 0.2) is 0 Å². The Morgan fingerprint density at radius 1 is 1.06 bits per heavy atom. The van der Waals surface area contributed by atoms with Gasteiger partial charge >= 0.3 is 17.9 Å². The number of carboxylic acid groups (broad SMARTS) is 1. The van der Waals surface area contributed by atoms with Crippen LogP contribution in [-0.2, 0) is 4.74 Å². The molecule has 2 aromatic carbocycles. The van der Waals surface area contributed by atoms with Crippen molar-refractivity contribution in [3.63, 3.8) is 0 Å². The van der Waals surface area contributed by atoms with Crippen molar-refractivity contribution in [2.45, 2.75) is 0 Å². The van der Waals surface area contributed by atoms with Crippen LogP contribution in [0.2, 0.25) is 0 Å². The van der Waals surface area contributed by atoms with Crippen molar-refractivity contribution < 1.29 is 24.2 Å². The number of fused-ring (bicyclic) bond motifs is 2. The van der Waals surface area contributed by atoms with Crippen molar-refractivity contribution in [2.75, 3.05) is 0 Å². The number of hydrogen-bond donors (Lipinski definition) is 1. The van der Waals surface area contributed by atoms with Crippen LogP contribution in [0.25, 0.3) is 10.8 Å². The van der Waals surface area contributed by atoms with E-state index in [-0.39, 0.29) is 16.7 Å². The van der Waals surface area contributed by atoms with Gasteiger partial charge in [0.05, 0.1) is 16.7 Å². The highest BCUT2D eigenvalue weighted by molar-refractivity contribution is 6.18. The molecule has 88 valence electrons. The Balaban J connectivity index is 2.41. The highest BCUT2D eigenvalue weighted by atomic mass is 16.6. The van der Waals surface area contributed by atoms with Crippen LogP contribution in [-0.4, -0.2) is 23.0 Å². The quantitative estimate of drug-likeness (QED) is 0.609. The number of rotatable bonds is 1. The molecule has 5 heteroatoms. The molecule has 1 aliphatic rings. The minimum Gasteiger partial charge on any atom is -0.478 e. The van der Waals surface area contributed by atoms with Crippen LogP contribution in [0, 0.1) is 0 Å². The highest BCUT2D eigenvalue weighted by Gasteiger charge is 2.30. The molecule has 3 rings (SSSR count). The van der Waals surface area contributed by atoms with Gasteiger partial charge in [0, 0.05) is 0 Å². The third-order valence-electron chi connectivity index (χ3n) is 2.87. The van der Waals surface area contributed by atoms with E-state index in [2.05, 4.69) is 4.74 Å². The van der Waals surface area contributed by atoms with Crippen molar-refractivity contribution in [3.05, 3.63) is 47.0 Å². The third kappa shape index (κ3) is 1.31. The number of benzene rings is 2. The van der Waals surface area contributed by atoms with Crippen molar-refractivity contribution in [1.82, 2.24) is 0 Å². The SMILES string of the molecule is O=C1OC(=O)c2cc3c(C(=O)O)cccc3cc21. The van der Waals surface area contributed by atoms with Crippen LogP contribution in [0.15, 0.2) is 30.3 Å². The highest BCUT2D eigenvalue weighted by Crippen LogP contribution is 2.28. The van der Waals surface area contributed by atoms with Gasteiger partial charge in [-0.15, -0.1) is 0 Å². The average Bonchev–Trinajstić information content (AvgIpc) is 2.61. The van der Waals surface area contributed by atoms with E-state index in [1.54, 1.807) is 12.1 Å². The van der Waals surface area contributed by atoms with Gasteiger partial charge in [-0.2, -0.15) is 0 Å². The van der Waals surface area contributed by atoms with Gasteiger partial charge in [-0.05, 0) is 29.0 Å². The van der Waals surface area contributed by atoms with Gasteiger partial charge in [0.2, 0.25) is 0 Å². The van der Waals surface area contributed by atoms with Crippen LogP contribution in [0.5, 0.6) is 0 Å². The molecule has 0 atom stereocenters. The topological polar surface area (TPSA) is 80.7 Å². The lowest BCUT2D eigenvalue weighted by atomic mass is 9.98. The van der Waals surface area contributed by atoms with E-state index < -0.39 is 17.9 Å². The van der Waals surface area contributed by atoms with Gasteiger partial charge in [0.1, 0.15) is 0 Å². The number of ether oxygens (including phenoxy) is 1. The lowest BCUT2D eigenvalue weighted by Crippen LogP contribution is -1.99. The zero-order valence-electron chi connectivity index (χ0n) is 8.97. The lowest BCUT2D eigenvalue weighted by molar-refractivity contribution is 0.0443. The summed E-state index contributed by atoms with van der Waals surface area (Å²) >= 11 is 0. The minimum atomic E-state index is -1.08. The number of carbonyl (C=O) groups excluding carboxylic acids is 2. The van der Waals surface area contributed by atoms with E-state index in [0.29, 0.717) is 10.8 Å². The molecule has 0 aromatic heterocycles. The summed E-state index contributed by atoms with van der Waals surface area (Å²) in [5.74, 6) is -2.52. The molecule has 5 nitrogen and oxygen atoms in total. The smallest absolute Gasteiger partial charge is 0.346 e. The molecule has 2 aromatic rings. The van der Waals surface area contributed by atoms with Crippen molar-refractivity contribution in [2.24, 2.45) is 0 Å². The molecule has 0 amide bonds.